The van der Waals surface area contributed by atoms with Gasteiger partial charge in [0.05, 0.1) is 23.3 Å². The predicted molar refractivity (Wildman–Crippen MR) is 64.2 cm³/mol. The molecular formula is C13H15N3. The largest absolute Gasteiger partial charge is 0.278 e. The van der Waals surface area contributed by atoms with E-state index in [4.69, 9.17) is 0 Å². The van der Waals surface area contributed by atoms with Crippen LogP contribution in [0.15, 0.2) is 12.3 Å². The van der Waals surface area contributed by atoms with Crippen molar-refractivity contribution in [2.75, 3.05) is 0 Å². The molecule has 0 unspecified atom stereocenters. The number of rotatable bonds is 0. The van der Waals surface area contributed by atoms with E-state index in [0.29, 0.717) is 0 Å². The fourth-order valence-corrected chi connectivity index (χ4v) is 2.15. The number of nitrogens with one attached hydrogen (secondary N) is 1. The molecule has 0 fully saturated rings. The van der Waals surface area contributed by atoms with E-state index in [0.717, 1.165) is 27.6 Å². The zero-order chi connectivity index (χ0) is 11.9. The van der Waals surface area contributed by atoms with Gasteiger partial charge in [-0.1, -0.05) is 20.8 Å². The molecule has 82 valence electrons. The molecule has 0 saturated carbocycles. The van der Waals surface area contributed by atoms with Gasteiger partial charge >= 0.3 is 0 Å². The number of hydrogen-bond donors (Lipinski definition) is 1. The fourth-order valence-electron chi connectivity index (χ4n) is 2.15. The number of fused-ring (bicyclic) bond motifs is 1. The molecule has 1 N–H and O–H groups in total. The van der Waals surface area contributed by atoms with Crippen molar-refractivity contribution >= 4 is 10.9 Å². The zero-order valence-corrected chi connectivity index (χ0v) is 10.0. The highest BCUT2D eigenvalue weighted by Crippen LogP contribution is 2.33. The summed E-state index contributed by atoms with van der Waals surface area (Å²) in [7, 11) is 0. The molecule has 3 heteroatoms. The first kappa shape index (κ1) is 10.7. The Kier molecular flexibility index (Phi) is 2.23. The number of hydrogen-bond acceptors (Lipinski definition) is 2. The standard InChI is InChI=1S/C13H15N3/c1-8-5-11-10(7-15-16-11)12(9(8)6-14)13(2,3)4/h5,7H,1-4H3,(H,15,16). The summed E-state index contributed by atoms with van der Waals surface area (Å²) in [6.07, 6.45) is 1.80. The lowest BCUT2D eigenvalue weighted by atomic mass is 9.80. The maximum absolute atomic E-state index is 9.28. The summed E-state index contributed by atoms with van der Waals surface area (Å²) in [5, 5.41) is 17.4. The van der Waals surface area contributed by atoms with Gasteiger partial charge in [-0.3, -0.25) is 5.10 Å². The van der Waals surface area contributed by atoms with E-state index in [1.54, 1.807) is 6.20 Å². The van der Waals surface area contributed by atoms with E-state index >= 15 is 0 Å². The number of nitriles is 1. The summed E-state index contributed by atoms with van der Waals surface area (Å²) in [6, 6.07) is 4.29. The Hall–Kier alpha value is -1.82. The molecule has 0 saturated heterocycles. The van der Waals surface area contributed by atoms with Gasteiger partial charge in [0, 0.05) is 5.39 Å². The molecule has 1 aromatic heterocycles. The van der Waals surface area contributed by atoms with Gasteiger partial charge in [-0.2, -0.15) is 10.4 Å². The Bertz CT molecular complexity index is 579. The maximum atomic E-state index is 9.28. The van der Waals surface area contributed by atoms with Gasteiger partial charge < -0.3 is 0 Å². The molecule has 1 heterocycles. The van der Waals surface area contributed by atoms with Crippen LogP contribution in [0.4, 0.5) is 0 Å². The summed E-state index contributed by atoms with van der Waals surface area (Å²) in [5.41, 5.74) is 3.81. The first-order valence-electron chi connectivity index (χ1n) is 5.32. The van der Waals surface area contributed by atoms with Crippen molar-refractivity contribution in [2.24, 2.45) is 0 Å². The minimum absolute atomic E-state index is 0.0563. The molecule has 2 rings (SSSR count). The minimum atomic E-state index is -0.0563. The van der Waals surface area contributed by atoms with Crippen molar-refractivity contribution in [1.29, 1.82) is 5.26 Å². The van der Waals surface area contributed by atoms with Crippen LogP contribution in [-0.4, -0.2) is 10.2 Å². The molecule has 0 bridgehead atoms. The van der Waals surface area contributed by atoms with Crippen molar-refractivity contribution in [1.82, 2.24) is 10.2 Å². The monoisotopic (exact) mass is 213 g/mol. The van der Waals surface area contributed by atoms with Crippen LogP contribution in [0.3, 0.4) is 0 Å². The number of nitrogens with zero attached hydrogens (tertiary/aromatic N) is 2. The highest BCUT2D eigenvalue weighted by Gasteiger charge is 2.23. The van der Waals surface area contributed by atoms with E-state index in [-0.39, 0.29) is 5.41 Å². The Morgan fingerprint density at radius 2 is 2.06 bits per heavy atom. The van der Waals surface area contributed by atoms with Crippen molar-refractivity contribution in [3.05, 3.63) is 29.0 Å². The molecular weight excluding hydrogens is 198 g/mol. The van der Waals surface area contributed by atoms with E-state index in [2.05, 4.69) is 37.0 Å². The average molecular weight is 213 g/mol. The molecule has 0 aliphatic carbocycles. The van der Waals surface area contributed by atoms with Crippen LogP contribution in [0.5, 0.6) is 0 Å². The van der Waals surface area contributed by atoms with Crippen molar-refractivity contribution in [3.8, 4) is 6.07 Å². The molecule has 0 spiro atoms. The third-order valence-corrected chi connectivity index (χ3v) is 2.81. The van der Waals surface area contributed by atoms with Crippen molar-refractivity contribution < 1.29 is 0 Å². The predicted octanol–water partition coefficient (Wildman–Crippen LogP) is 3.04. The van der Waals surface area contributed by atoms with E-state index in [1.807, 2.05) is 13.0 Å². The molecule has 0 radical (unpaired) electrons. The number of aryl methyl sites for hydroxylation is 1. The smallest absolute Gasteiger partial charge is 0.0997 e. The van der Waals surface area contributed by atoms with Crippen LogP contribution in [0.1, 0.15) is 37.5 Å². The van der Waals surface area contributed by atoms with Gasteiger partial charge in [0.2, 0.25) is 0 Å². The van der Waals surface area contributed by atoms with Crippen LogP contribution in [0, 0.1) is 18.3 Å². The number of benzene rings is 1. The molecule has 1 aromatic carbocycles. The number of H-pyrrole nitrogens is 1. The Morgan fingerprint density at radius 3 is 2.62 bits per heavy atom. The molecule has 16 heavy (non-hydrogen) atoms. The van der Waals surface area contributed by atoms with Gasteiger partial charge in [-0.05, 0) is 29.5 Å². The molecule has 0 aliphatic rings. The van der Waals surface area contributed by atoms with E-state index < -0.39 is 0 Å². The Morgan fingerprint density at radius 1 is 1.38 bits per heavy atom. The highest BCUT2D eigenvalue weighted by molar-refractivity contribution is 5.86. The lowest BCUT2D eigenvalue weighted by molar-refractivity contribution is 0.593. The van der Waals surface area contributed by atoms with Crippen LogP contribution in [0.25, 0.3) is 10.9 Å². The molecule has 3 nitrogen and oxygen atoms in total. The normalized spacial score (nSPS) is 11.7. The van der Waals surface area contributed by atoms with Gasteiger partial charge in [-0.15, -0.1) is 0 Å². The summed E-state index contributed by atoms with van der Waals surface area (Å²) in [4.78, 5) is 0. The van der Waals surface area contributed by atoms with Gasteiger partial charge in [-0.25, -0.2) is 0 Å². The molecule has 0 aliphatic heterocycles. The van der Waals surface area contributed by atoms with Crippen molar-refractivity contribution in [2.45, 2.75) is 33.1 Å². The minimum Gasteiger partial charge on any atom is -0.278 e. The topological polar surface area (TPSA) is 52.5 Å². The zero-order valence-electron chi connectivity index (χ0n) is 10.0. The fraction of sp³-hybridized carbons (Fsp3) is 0.385. The summed E-state index contributed by atoms with van der Waals surface area (Å²) >= 11 is 0. The van der Waals surface area contributed by atoms with Gasteiger partial charge in [0.15, 0.2) is 0 Å². The van der Waals surface area contributed by atoms with Crippen LogP contribution in [-0.2, 0) is 5.41 Å². The molecule has 0 amide bonds. The van der Waals surface area contributed by atoms with Gasteiger partial charge in [0.1, 0.15) is 0 Å². The Labute approximate surface area is 95.1 Å². The SMILES string of the molecule is Cc1cc2[nH]ncc2c(C(C)(C)C)c1C#N. The number of aromatic nitrogens is 2. The molecule has 2 aromatic rings. The van der Waals surface area contributed by atoms with E-state index in [9.17, 15) is 5.26 Å². The van der Waals surface area contributed by atoms with Crippen LogP contribution >= 0.6 is 0 Å². The second-order valence-corrected chi connectivity index (χ2v) is 5.14. The third kappa shape index (κ3) is 1.47. The van der Waals surface area contributed by atoms with Gasteiger partial charge in [0.25, 0.3) is 0 Å². The first-order chi connectivity index (χ1) is 7.45. The molecule has 0 atom stereocenters. The summed E-state index contributed by atoms with van der Waals surface area (Å²) in [6.45, 7) is 8.33. The van der Waals surface area contributed by atoms with Crippen LogP contribution < -0.4 is 0 Å². The van der Waals surface area contributed by atoms with E-state index in [1.165, 1.54) is 0 Å². The lowest BCUT2D eigenvalue weighted by Gasteiger charge is -2.22. The highest BCUT2D eigenvalue weighted by atomic mass is 15.1. The third-order valence-electron chi connectivity index (χ3n) is 2.81. The maximum Gasteiger partial charge on any atom is 0.0997 e. The second-order valence-electron chi connectivity index (χ2n) is 5.14. The van der Waals surface area contributed by atoms with Crippen molar-refractivity contribution in [3.63, 3.8) is 0 Å². The lowest BCUT2D eigenvalue weighted by Crippen LogP contribution is -2.14. The number of aromatic amines is 1. The van der Waals surface area contributed by atoms with Crippen LogP contribution in [0.2, 0.25) is 0 Å². The average Bonchev–Trinajstić information content (AvgIpc) is 2.60. The quantitative estimate of drug-likeness (QED) is 0.731. The second kappa shape index (κ2) is 3.34. The Balaban J connectivity index is 2.96. The summed E-state index contributed by atoms with van der Waals surface area (Å²) in [5.74, 6) is 0. The first-order valence-corrected chi connectivity index (χ1v) is 5.32. The summed E-state index contributed by atoms with van der Waals surface area (Å²) < 4.78 is 0.